The second-order valence-corrected chi connectivity index (χ2v) is 11.3. The van der Waals surface area contributed by atoms with Gasteiger partial charge in [0.25, 0.3) is 0 Å². The van der Waals surface area contributed by atoms with E-state index in [0.717, 1.165) is 22.3 Å². The maximum atomic E-state index is 13.9. The van der Waals surface area contributed by atoms with Crippen LogP contribution in [0, 0.1) is 0 Å². The summed E-state index contributed by atoms with van der Waals surface area (Å²) in [6.45, 7) is 2.00. The number of phosphoric acid groups is 1. The third-order valence-corrected chi connectivity index (χ3v) is 7.65. The molecule has 0 saturated heterocycles. The van der Waals surface area contributed by atoms with Gasteiger partial charge in [-0.05, 0) is 29.2 Å². The third kappa shape index (κ3) is 10.7. The van der Waals surface area contributed by atoms with Gasteiger partial charge in [0, 0.05) is 0 Å². The Balaban J connectivity index is 1.50. The first-order chi connectivity index (χ1) is 20.0. The molecule has 8 heteroatoms. The zero-order valence-corrected chi connectivity index (χ0v) is 24.1. The highest BCUT2D eigenvalue weighted by atomic mass is 31.2. The van der Waals surface area contributed by atoms with Crippen molar-refractivity contribution < 1.29 is 32.7 Å². The van der Waals surface area contributed by atoms with Crippen molar-refractivity contribution in [2.45, 2.75) is 51.7 Å². The highest BCUT2D eigenvalue weighted by Crippen LogP contribution is 2.51. The molecule has 0 aliphatic heterocycles. The lowest BCUT2D eigenvalue weighted by atomic mass is 10.1. The number of hydrogen-bond donors (Lipinski definition) is 1. The van der Waals surface area contributed by atoms with E-state index in [-0.39, 0.29) is 33.0 Å². The number of hydrogen-bond acceptors (Lipinski definition) is 7. The van der Waals surface area contributed by atoms with Gasteiger partial charge in [-0.2, -0.15) is 0 Å². The smallest absolute Gasteiger partial charge is 0.391 e. The average Bonchev–Trinajstić information content (AvgIpc) is 3.02. The molecule has 0 aromatic heterocycles. The van der Waals surface area contributed by atoms with Gasteiger partial charge in [0.05, 0.1) is 39.1 Å². The van der Waals surface area contributed by atoms with Crippen molar-refractivity contribution in [3.8, 4) is 0 Å². The minimum absolute atomic E-state index is 0.0345. The molecule has 4 aromatic carbocycles. The van der Waals surface area contributed by atoms with Gasteiger partial charge in [0.2, 0.25) is 0 Å². The summed E-state index contributed by atoms with van der Waals surface area (Å²) in [5.41, 5.74) is 3.53. The summed E-state index contributed by atoms with van der Waals surface area (Å²) >= 11 is 0. The van der Waals surface area contributed by atoms with Crippen LogP contribution in [0.1, 0.15) is 29.2 Å². The molecule has 41 heavy (non-hydrogen) atoms. The van der Waals surface area contributed by atoms with Crippen molar-refractivity contribution in [2.24, 2.45) is 0 Å². The molecule has 0 radical (unpaired) electrons. The first-order valence-corrected chi connectivity index (χ1v) is 15.1. The molecule has 1 N–H and O–H groups in total. The minimum Gasteiger partial charge on any atom is -0.391 e. The lowest BCUT2D eigenvalue weighted by molar-refractivity contribution is -0.140. The minimum atomic E-state index is -4.06. The molecule has 3 atom stereocenters. The second-order valence-electron chi connectivity index (χ2n) is 9.60. The molecule has 216 valence electrons. The summed E-state index contributed by atoms with van der Waals surface area (Å²) in [7, 11) is -4.06. The Morgan fingerprint density at radius 1 is 0.561 bits per heavy atom. The van der Waals surface area contributed by atoms with Gasteiger partial charge >= 0.3 is 7.82 Å². The number of ether oxygens (including phenoxy) is 2. The molecule has 7 nitrogen and oxygen atoms in total. The summed E-state index contributed by atoms with van der Waals surface area (Å²) in [5.74, 6) is 0. The van der Waals surface area contributed by atoms with Crippen molar-refractivity contribution in [1.82, 2.24) is 0 Å². The average molecular weight is 577 g/mol. The summed E-state index contributed by atoms with van der Waals surface area (Å²) in [6, 6.07) is 38.1. The molecule has 0 bridgehead atoms. The van der Waals surface area contributed by atoms with Crippen LogP contribution in [0.3, 0.4) is 0 Å². The summed E-state index contributed by atoms with van der Waals surface area (Å²) in [6.07, 6.45) is -2.47. The monoisotopic (exact) mass is 576 g/mol. The van der Waals surface area contributed by atoms with Gasteiger partial charge in [-0.25, -0.2) is 4.57 Å². The fourth-order valence-electron chi connectivity index (χ4n) is 4.07. The lowest BCUT2D eigenvalue weighted by Crippen LogP contribution is -2.42. The van der Waals surface area contributed by atoms with Crippen molar-refractivity contribution in [3.63, 3.8) is 0 Å². The van der Waals surface area contributed by atoms with E-state index in [9.17, 15) is 9.67 Å². The van der Waals surface area contributed by atoms with Crippen LogP contribution in [0.2, 0.25) is 0 Å². The summed E-state index contributed by atoms with van der Waals surface area (Å²) in [4.78, 5) is 0. The van der Waals surface area contributed by atoms with E-state index >= 15 is 0 Å². The van der Waals surface area contributed by atoms with Gasteiger partial charge < -0.3 is 14.6 Å². The van der Waals surface area contributed by atoms with Crippen LogP contribution in [0.25, 0.3) is 0 Å². The highest BCUT2D eigenvalue weighted by Gasteiger charge is 2.34. The lowest BCUT2D eigenvalue weighted by Gasteiger charge is -2.30. The Hall–Kier alpha value is -3.13. The van der Waals surface area contributed by atoms with Crippen molar-refractivity contribution >= 4 is 7.82 Å². The standard InChI is InChI=1S/C33H37O7P/c1-27(34)33(37-23-29-16-8-3-9-17-29)32(36-22-28-14-6-2-7-15-28)26-40-41(35,38-24-30-18-10-4-11-19-30)39-25-31-20-12-5-13-21-31/h2-21,27,32-34H,22-26H2,1H3/t27?,32-,33-/m1/s1. The molecule has 0 aliphatic rings. The molecule has 0 amide bonds. The number of aliphatic hydroxyl groups excluding tert-OH is 1. The molecule has 0 saturated carbocycles. The normalized spacial score (nSPS) is 13.9. The molecule has 0 fully saturated rings. The maximum absolute atomic E-state index is 13.9. The van der Waals surface area contributed by atoms with E-state index in [0.29, 0.717) is 0 Å². The maximum Gasteiger partial charge on any atom is 0.475 e. The van der Waals surface area contributed by atoms with Gasteiger partial charge in [-0.15, -0.1) is 0 Å². The Morgan fingerprint density at radius 3 is 1.32 bits per heavy atom. The quantitative estimate of drug-likeness (QED) is 0.134. The van der Waals surface area contributed by atoms with Crippen LogP contribution in [0.5, 0.6) is 0 Å². The van der Waals surface area contributed by atoms with Crippen LogP contribution in [0.4, 0.5) is 0 Å². The van der Waals surface area contributed by atoms with Gasteiger partial charge in [0.15, 0.2) is 0 Å². The summed E-state index contributed by atoms with van der Waals surface area (Å²) in [5, 5.41) is 10.7. The first kappa shape index (κ1) is 30.8. The van der Waals surface area contributed by atoms with Crippen molar-refractivity contribution in [1.29, 1.82) is 0 Å². The highest BCUT2D eigenvalue weighted by molar-refractivity contribution is 7.48. The Labute approximate surface area is 242 Å². The van der Waals surface area contributed by atoms with Crippen molar-refractivity contribution in [3.05, 3.63) is 144 Å². The first-order valence-electron chi connectivity index (χ1n) is 13.6. The van der Waals surface area contributed by atoms with E-state index in [2.05, 4.69) is 0 Å². The van der Waals surface area contributed by atoms with Gasteiger partial charge in [0.1, 0.15) is 12.2 Å². The number of benzene rings is 4. The van der Waals surface area contributed by atoms with Crippen LogP contribution in [0.15, 0.2) is 121 Å². The van der Waals surface area contributed by atoms with E-state index in [1.54, 1.807) is 6.92 Å². The van der Waals surface area contributed by atoms with Crippen LogP contribution in [-0.2, 0) is 54.0 Å². The Morgan fingerprint density at radius 2 is 0.927 bits per heavy atom. The Bertz CT molecular complexity index is 1260. The molecule has 0 spiro atoms. The van der Waals surface area contributed by atoms with E-state index in [1.807, 2.05) is 121 Å². The van der Waals surface area contributed by atoms with Crippen LogP contribution < -0.4 is 0 Å². The van der Waals surface area contributed by atoms with E-state index in [4.69, 9.17) is 23.0 Å². The van der Waals surface area contributed by atoms with E-state index < -0.39 is 26.1 Å². The zero-order valence-electron chi connectivity index (χ0n) is 23.2. The zero-order chi connectivity index (χ0) is 28.8. The molecular formula is C33H37O7P. The second kappa shape index (κ2) is 16.3. The summed E-state index contributed by atoms with van der Waals surface area (Å²) < 4.78 is 43.7. The van der Waals surface area contributed by atoms with Gasteiger partial charge in [-0.1, -0.05) is 121 Å². The largest absolute Gasteiger partial charge is 0.475 e. The molecule has 0 aliphatic carbocycles. The van der Waals surface area contributed by atoms with E-state index in [1.165, 1.54) is 0 Å². The number of phosphoric ester groups is 1. The topological polar surface area (TPSA) is 83.5 Å². The third-order valence-electron chi connectivity index (χ3n) is 6.30. The fourth-order valence-corrected chi connectivity index (χ4v) is 5.24. The molecule has 1 unspecified atom stereocenters. The van der Waals surface area contributed by atoms with Gasteiger partial charge in [-0.3, -0.25) is 13.6 Å². The van der Waals surface area contributed by atoms with Crippen LogP contribution >= 0.6 is 7.82 Å². The van der Waals surface area contributed by atoms with Crippen molar-refractivity contribution in [2.75, 3.05) is 6.61 Å². The fraction of sp³-hybridized carbons (Fsp3) is 0.273. The Kier molecular flexibility index (Phi) is 12.3. The molecule has 4 aromatic rings. The molecule has 4 rings (SSSR count). The number of rotatable bonds is 17. The molecule has 0 heterocycles. The van der Waals surface area contributed by atoms with Crippen LogP contribution in [-0.4, -0.2) is 30.0 Å². The molecular weight excluding hydrogens is 539 g/mol. The number of aliphatic hydroxyl groups is 1. The predicted molar refractivity (Wildman–Crippen MR) is 158 cm³/mol. The predicted octanol–water partition coefficient (Wildman–Crippen LogP) is 7.10. The SMILES string of the molecule is CC(O)[C@@H](OCc1ccccc1)[C@@H](COP(=O)(OCc1ccccc1)OCc1ccccc1)OCc1ccccc1.